The fraction of sp³-hybridized carbons (Fsp3) is 0.306. The molecule has 0 bridgehead atoms. The Morgan fingerprint density at radius 3 is 2.36 bits per heavy atom. The molecule has 0 unspecified atom stereocenters. The number of nitrogens with zero attached hydrogens (tertiary/aromatic N) is 1. The second-order valence-electron chi connectivity index (χ2n) is 12.5. The third-order valence-electron chi connectivity index (χ3n) is 8.05. The SMILES string of the molecule is Cc1oc2nc(-c3cc(C(C)(C)C)c4ccccc4c3)cc(-c3ccc4c(C)c(CC(C)C)sc4c3)c2c1C. The van der Waals surface area contributed by atoms with Crippen molar-refractivity contribution in [3.63, 3.8) is 0 Å². The van der Waals surface area contributed by atoms with Crippen LogP contribution in [0.4, 0.5) is 0 Å². The van der Waals surface area contributed by atoms with Crippen LogP contribution < -0.4 is 0 Å². The summed E-state index contributed by atoms with van der Waals surface area (Å²) in [6, 6.07) is 22.5. The normalized spacial score (nSPS) is 12.4. The molecule has 3 aromatic carbocycles. The number of rotatable bonds is 4. The number of benzene rings is 3. The van der Waals surface area contributed by atoms with Gasteiger partial charge in [-0.15, -0.1) is 11.3 Å². The van der Waals surface area contributed by atoms with Crippen LogP contribution in [0.3, 0.4) is 0 Å². The highest BCUT2D eigenvalue weighted by molar-refractivity contribution is 7.19. The molecule has 2 nitrogen and oxygen atoms in total. The Kier molecular flexibility index (Phi) is 6.19. The summed E-state index contributed by atoms with van der Waals surface area (Å²) in [6.45, 7) is 17.9. The van der Waals surface area contributed by atoms with Crippen molar-refractivity contribution in [1.29, 1.82) is 0 Å². The van der Waals surface area contributed by atoms with Crippen LogP contribution in [-0.4, -0.2) is 4.98 Å². The zero-order valence-corrected chi connectivity index (χ0v) is 25.1. The van der Waals surface area contributed by atoms with Crippen LogP contribution in [0.15, 0.2) is 65.1 Å². The molecular weight excluding hydrogens is 494 g/mol. The van der Waals surface area contributed by atoms with Gasteiger partial charge in [0.25, 0.3) is 0 Å². The van der Waals surface area contributed by atoms with Gasteiger partial charge in [0.05, 0.1) is 11.1 Å². The van der Waals surface area contributed by atoms with Gasteiger partial charge in [-0.2, -0.15) is 0 Å². The Morgan fingerprint density at radius 2 is 1.62 bits per heavy atom. The van der Waals surface area contributed by atoms with Gasteiger partial charge in [-0.1, -0.05) is 71.0 Å². The molecule has 0 N–H and O–H groups in total. The minimum absolute atomic E-state index is 0.0101. The average Bonchev–Trinajstić information content (AvgIpc) is 3.35. The third-order valence-corrected chi connectivity index (χ3v) is 9.32. The van der Waals surface area contributed by atoms with Gasteiger partial charge >= 0.3 is 0 Å². The maximum Gasteiger partial charge on any atom is 0.227 e. The van der Waals surface area contributed by atoms with Crippen molar-refractivity contribution in [3.8, 4) is 22.4 Å². The third kappa shape index (κ3) is 4.47. The minimum atomic E-state index is 0.0101. The van der Waals surface area contributed by atoms with E-state index in [1.807, 2.05) is 18.3 Å². The largest absolute Gasteiger partial charge is 0.443 e. The van der Waals surface area contributed by atoms with Crippen LogP contribution in [0.5, 0.6) is 0 Å². The molecule has 0 atom stereocenters. The Balaban J connectivity index is 1.60. The van der Waals surface area contributed by atoms with Crippen molar-refractivity contribution < 1.29 is 4.42 Å². The van der Waals surface area contributed by atoms with Crippen molar-refractivity contribution in [2.24, 2.45) is 5.92 Å². The van der Waals surface area contributed by atoms with Crippen LogP contribution in [0.25, 0.3) is 54.3 Å². The molecule has 0 amide bonds. The lowest BCUT2D eigenvalue weighted by molar-refractivity contribution is 0.565. The molecule has 3 heteroatoms. The summed E-state index contributed by atoms with van der Waals surface area (Å²) in [5.74, 6) is 1.58. The average molecular weight is 532 g/mol. The van der Waals surface area contributed by atoms with E-state index in [0.717, 1.165) is 34.4 Å². The van der Waals surface area contributed by atoms with Gasteiger partial charge in [0, 0.05) is 20.7 Å². The summed E-state index contributed by atoms with van der Waals surface area (Å²) in [4.78, 5) is 6.59. The summed E-state index contributed by atoms with van der Waals surface area (Å²) in [5.41, 5.74) is 9.13. The van der Waals surface area contributed by atoms with E-state index in [0.29, 0.717) is 11.6 Å². The van der Waals surface area contributed by atoms with Crippen molar-refractivity contribution in [2.75, 3.05) is 0 Å². The molecule has 198 valence electrons. The number of aromatic nitrogens is 1. The summed E-state index contributed by atoms with van der Waals surface area (Å²) >= 11 is 1.94. The van der Waals surface area contributed by atoms with Gasteiger partial charge < -0.3 is 4.42 Å². The van der Waals surface area contributed by atoms with Crippen LogP contribution in [0.2, 0.25) is 0 Å². The number of hydrogen-bond acceptors (Lipinski definition) is 3. The molecule has 3 heterocycles. The first-order valence-corrected chi connectivity index (χ1v) is 14.8. The number of thiophene rings is 1. The lowest BCUT2D eigenvalue weighted by Crippen LogP contribution is -2.12. The monoisotopic (exact) mass is 531 g/mol. The number of fused-ring (bicyclic) bond motifs is 3. The van der Waals surface area contributed by atoms with Crippen LogP contribution in [0.1, 0.15) is 61.9 Å². The quantitative estimate of drug-likeness (QED) is 0.226. The van der Waals surface area contributed by atoms with E-state index < -0.39 is 0 Å². The number of hydrogen-bond donors (Lipinski definition) is 0. The molecule has 0 aliphatic rings. The van der Waals surface area contributed by atoms with Gasteiger partial charge in [-0.3, -0.25) is 0 Å². The van der Waals surface area contributed by atoms with Crippen molar-refractivity contribution >= 4 is 43.3 Å². The number of pyridine rings is 1. The topological polar surface area (TPSA) is 26.0 Å². The summed E-state index contributed by atoms with van der Waals surface area (Å²) in [5, 5.41) is 5.02. The predicted octanol–water partition coefficient (Wildman–Crippen LogP) is 11.0. The Labute approximate surface area is 235 Å². The molecule has 0 fully saturated rings. The van der Waals surface area contributed by atoms with Gasteiger partial charge in [0.15, 0.2) is 0 Å². The van der Waals surface area contributed by atoms with E-state index in [4.69, 9.17) is 9.40 Å². The van der Waals surface area contributed by atoms with Crippen LogP contribution in [0, 0.1) is 26.7 Å². The van der Waals surface area contributed by atoms with E-state index in [9.17, 15) is 0 Å². The summed E-state index contributed by atoms with van der Waals surface area (Å²) < 4.78 is 7.61. The lowest BCUT2D eigenvalue weighted by Gasteiger charge is -2.23. The molecule has 3 aromatic heterocycles. The molecular formula is C36H37NOS. The smallest absolute Gasteiger partial charge is 0.227 e. The Hall–Kier alpha value is -3.43. The first-order chi connectivity index (χ1) is 18.5. The van der Waals surface area contributed by atoms with Gasteiger partial charge in [-0.05, 0) is 101 Å². The second kappa shape index (κ2) is 9.34. The molecule has 0 aliphatic heterocycles. The van der Waals surface area contributed by atoms with Gasteiger partial charge in [0.2, 0.25) is 5.71 Å². The molecule has 0 radical (unpaired) electrons. The van der Waals surface area contributed by atoms with E-state index in [1.54, 1.807) is 0 Å². The zero-order valence-electron chi connectivity index (χ0n) is 24.3. The maximum absolute atomic E-state index is 6.25. The zero-order chi connectivity index (χ0) is 27.6. The molecule has 6 aromatic rings. The van der Waals surface area contributed by atoms with Gasteiger partial charge in [-0.25, -0.2) is 4.98 Å². The highest BCUT2D eigenvalue weighted by Crippen LogP contribution is 2.41. The van der Waals surface area contributed by atoms with Crippen molar-refractivity contribution in [1.82, 2.24) is 4.98 Å². The standard InChI is InChI=1S/C36H37NOS/c1-20(2)15-32-22(4)27-14-13-25(18-33(27)39-32)29-19-31(37-35-34(29)21(3)23(5)38-35)26-16-24-11-9-10-12-28(24)30(17-26)36(6,7)8/h9-14,16-20H,15H2,1-8H3. The summed E-state index contributed by atoms with van der Waals surface area (Å²) in [7, 11) is 0. The van der Waals surface area contributed by atoms with Crippen molar-refractivity contribution in [3.05, 3.63) is 88.0 Å². The first kappa shape index (κ1) is 25.8. The molecule has 0 saturated carbocycles. The fourth-order valence-electron chi connectivity index (χ4n) is 5.82. The minimum Gasteiger partial charge on any atom is -0.443 e. The van der Waals surface area contributed by atoms with Gasteiger partial charge in [0.1, 0.15) is 5.76 Å². The predicted molar refractivity (Wildman–Crippen MR) is 169 cm³/mol. The molecule has 6 rings (SSSR count). The molecule has 0 aliphatic carbocycles. The van der Waals surface area contributed by atoms with Crippen LogP contribution in [-0.2, 0) is 11.8 Å². The van der Waals surface area contributed by atoms with Crippen LogP contribution >= 0.6 is 11.3 Å². The van der Waals surface area contributed by atoms with E-state index in [-0.39, 0.29) is 5.41 Å². The van der Waals surface area contributed by atoms with E-state index in [1.165, 1.54) is 48.0 Å². The lowest BCUT2D eigenvalue weighted by atomic mass is 9.82. The molecule has 0 spiro atoms. The highest BCUT2D eigenvalue weighted by Gasteiger charge is 2.21. The number of aryl methyl sites for hydroxylation is 3. The molecule has 39 heavy (non-hydrogen) atoms. The highest BCUT2D eigenvalue weighted by atomic mass is 32.1. The molecule has 0 saturated heterocycles. The Bertz CT molecular complexity index is 1880. The fourth-order valence-corrected chi connectivity index (χ4v) is 7.28. The Morgan fingerprint density at radius 1 is 0.846 bits per heavy atom. The summed E-state index contributed by atoms with van der Waals surface area (Å²) in [6.07, 6.45) is 1.13. The second-order valence-corrected chi connectivity index (χ2v) is 13.6. The van der Waals surface area contributed by atoms with E-state index >= 15 is 0 Å². The number of furan rings is 1. The first-order valence-electron chi connectivity index (χ1n) is 14.0. The van der Waals surface area contributed by atoms with E-state index in [2.05, 4.69) is 109 Å². The van der Waals surface area contributed by atoms with Crippen molar-refractivity contribution in [2.45, 2.75) is 67.2 Å². The maximum atomic E-state index is 6.25.